The van der Waals surface area contributed by atoms with E-state index >= 15 is 0 Å². The maximum atomic E-state index is 12.6. The van der Waals surface area contributed by atoms with Crippen LogP contribution in [0.5, 0.6) is 0 Å². The number of nitrogens with zero attached hydrogens (tertiary/aromatic N) is 2. The maximum absolute atomic E-state index is 12.6. The van der Waals surface area contributed by atoms with Crippen LogP contribution in [-0.2, 0) is 14.8 Å². The highest BCUT2D eigenvalue weighted by atomic mass is 32.2. The average molecular weight is 384 g/mol. The highest BCUT2D eigenvalue weighted by Crippen LogP contribution is 2.30. The van der Waals surface area contributed by atoms with Gasteiger partial charge in [0.25, 0.3) is 5.69 Å². The molecule has 0 aromatic heterocycles. The summed E-state index contributed by atoms with van der Waals surface area (Å²) >= 11 is 0. The summed E-state index contributed by atoms with van der Waals surface area (Å²) in [5, 5.41) is 16.8. The van der Waals surface area contributed by atoms with Gasteiger partial charge in [0, 0.05) is 24.7 Å². The fraction of sp³-hybridized carbons (Fsp3) is 0.562. The van der Waals surface area contributed by atoms with E-state index in [1.54, 1.807) is 0 Å². The Morgan fingerprint density at radius 2 is 1.88 bits per heavy atom. The third-order valence-electron chi connectivity index (χ3n) is 3.82. The van der Waals surface area contributed by atoms with Crippen LogP contribution < -0.4 is 10.6 Å². The number of benzene rings is 1. The molecule has 1 aromatic rings. The predicted molar refractivity (Wildman–Crippen MR) is 97.5 cm³/mol. The van der Waals surface area contributed by atoms with Crippen molar-refractivity contribution in [2.75, 3.05) is 25.0 Å². The lowest BCUT2D eigenvalue weighted by Crippen LogP contribution is -2.43. The maximum Gasteiger partial charge on any atom is 0.293 e. The van der Waals surface area contributed by atoms with Crippen molar-refractivity contribution in [1.82, 2.24) is 9.62 Å². The van der Waals surface area contributed by atoms with Gasteiger partial charge in [-0.3, -0.25) is 14.9 Å². The Bertz CT molecular complexity index is 795. The number of amides is 1. The van der Waals surface area contributed by atoms with E-state index in [4.69, 9.17) is 0 Å². The number of anilines is 1. The Kier molecular flexibility index (Phi) is 5.87. The standard InChI is InChI=1S/C16H24N4O5S/c1-16(2,3)18-15(21)11-17-13-7-6-12(10-14(13)20(22)23)26(24,25)19-8-4-5-9-19/h6-7,10,17H,4-5,8-9,11H2,1-3H3,(H,18,21). The number of carbonyl (C=O) groups excluding carboxylic acids is 1. The van der Waals surface area contributed by atoms with Gasteiger partial charge in [-0.25, -0.2) is 8.42 Å². The van der Waals surface area contributed by atoms with Crippen molar-refractivity contribution in [2.45, 2.75) is 44.0 Å². The van der Waals surface area contributed by atoms with Crippen LogP contribution in [0.3, 0.4) is 0 Å². The van der Waals surface area contributed by atoms with Gasteiger partial charge in [-0.05, 0) is 45.7 Å². The lowest BCUT2D eigenvalue weighted by Gasteiger charge is -2.20. The van der Waals surface area contributed by atoms with E-state index in [9.17, 15) is 23.3 Å². The first kappa shape index (κ1) is 20.1. The van der Waals surface area contributed by atoms with E-state index in [1.165, 1.54) is 16.4 Å². The van der Waals surface area contributed by atoms with E-state index in [-0.39, 0.29) is 28.7 Å². The van der Waals surface area contributed by atoms with Gasteiger partial charge in [0.1, 0.15) is 5.69 Å². The summed E-state index contributed by atoms with van der Waals surface area (Å²) in [6.45, 7) is 6.16. The van der Waals surface area contributed by atoms with Crippen LogP contribution in [0.15, 0.2) is 23.1 Å². The Morgan fingerprint density at radius 3 is 2.42 bits per heavy atom. The zero-order valence-electron chi connectivity index (χ0n) is 15.1. The van der Waals surface area contributed by atoms with E-state index in [1.807, 2.05) is 20.8 Å². The van der Waals surface area contributed by atoms with Gasteiger partial charge >= 0.3 is 0 Å². The minimum absolute atomic E-state index is 0.0967. The lowest BCUT2D eigenvalue weighted by molar-refractivity contribution is -0.384. The molecule has 1 fully saturated rings. The summed E-state index contributed by atoms with van der Waals surface area (Å²) in [6.07, 6.45) is 1.56. The van der Waals surface area contributed by atoms with Crippen molar-refractivity contribution in [2.24, 2.45) is 0 Å². The Labute approximate surface area is 153 Å². The number of nitrogens with one attached hydrogen (secondary N) is 2. The highest BCUT2D eigenvalue weighted by molar-refractivity contribution is 7.89. The molecule has 1 amide bonds. The molecule has 1 aliphatic rings. The number of rotatable bonds is 6. The number of carbonyl (C=O) groups is 1. The molecule has 0 unspecified atom stereocenters. The molecule has 2 N–H and O–H groups in total. The molecular formula is C16H24N4O5S. The summed E-state index contributed by atoms with van der Waals surface area (Å²) in [4.78, 5) is 22.4. The normalized spacial score (nSPS) is 15.7. The van der Waals surface area contributed by atoms with E-state index < -0.39 is 20.5 Å². The minimum atomic E-state index is -3.74. The fourth-order valence-corrected chi connectivity index (χ4v) is 4.23. The van der Waals surface area contributed by atoms with Crippen molar-refractivity contribution in [3.8, 4) is 0 Å². The van der Waals surface area contributed by atoms with Crippen molar-refractivity contribution in [3.63, 3.8) is 0 Å². The lowest BCUT2D eigenvalue weighted by atomic mass is 10.1. The van der Waals surface area contributed by atoms with Gasteiger partial charge in [-0.2, -0.15) is 4.31 Å². The molecule has 26 heavy (non-hydrogen) atoms. The second-order valence-corrected chi connectivity index (χ2v) is 9.14. The molecule has 10 heteroatoms. The van der Waals surface area contributed by atoms with Crippen LogP contribution in [0, 0.1) is 10.1 Å². The highest BCUT2D eigenvalue weighted by Gasteiger charge is 2.29. The molecule has 0 saturated carbocycles. The number of nitro groups is 1. The minimum Gasteiger partial charge on any atom is -0.371 e. The van der Waals surface area contributed by atoms with Crippen molar-refractivity contribution in [3.05, 3.63) is 28.3 Å². The molecule has 144 valence electrons. The van der Waals surface area contributed by atoms with Crippen LogP contribution >= 0.6 is 0 Å². The predicted octanol–water partition coefficient (Wildman–Crippen LogP) is 1.71. The Balaban J connectivity index is 2.21. The van der Waals surface area contributed by atoms with Crippen LogP contribution in [0.1, 0.15) is 33.6 Å². The first-order valence-corrected chi connectivity index (χ1v) is 9.78. The quantitative estimate of drug-likeness (QED) is 0.569. The third-order valence-corrected chi connectivity index (χ3v) is 5.72. The van der Waals surface area contributed by atoms with Crippen LogP contribution in [0.25, 0.3) is 0 Å². The van der Waals surface area contributed by atoms with Crippen molar-refractivity contribution >= 4 is 27.3 Å². The molecular weight excluding hydrogens is 360 g/mol. The zero-order chi connectivity index (χ0) is 19.5. The first-order chi connectivity index (χ1) is 12.0. The molecule has 0 aliphatic carbocycles. The summed E-state index contributed by atoms with van der Waals surface area (Å²) < 4.78 is 26.5. The monoisotopic (exact) mass is 384 g/mol. The molecule has 1 aliphatic heterocycles. The molecule has 1 heterocycles. The zero-order valence-corrected chi connectivity index (χ0v) is 15.9. The number of hydrogen-bond acceptors (Lipinski definition) is 6. The van der Waals surface area contributed by atoms with Crippen molar-refractivity contribution < 1.29 is 18.1 Å². The fourth-order valence-electron chi connectivity index (χ4n) is 2.69. The summed E-state index contributed by atoms with van der Waals surface area (Å²) in [5.74, 6) is -0.319. The number of hydrogen-bond donors (Lipinski definition) is 2. The van der Waals surface area contributed by atoms with E-state index in [0.717, 1.165) is 18.9 Å². The molecule has 0 atom stereocenters. The third kappa shape index (κ3) is 4.92. The SMILES string of the molecule is CC(C)(C)NC(=O)CNc1ccc(S(=O)(=O)N2CCCC2)cc1[N+](=O)[O-]. The summed E-state index contributed by atoms with van der Waals surface area (Å²) in [6, 6.07) is 3.69. The number of sulfonamides is 1. The van der Waals surface area contributed by atoms with E-state index in [0.29, 0.717) is 13.1 Å². The Hall–Kier alpha value is -2.20. The molecule has 0 bridgehead atoms. The van der Waals surface area contributed by atoms with Crippen LogP contribution in [0.4, 0.5) is 11.4 Å². The van der Waals surface area contributed by atoms with E-state index in [2.05, 4.69) is 10.6 Å². The second-order valence-electron chi connectivity index (χ2n) is 7.20. The molecule has 9 nitrogen and oxygen atoms in total. The van der Waals surface area contributed by atoms with Gasteiger partial charge in [-0.1, -0.05) is 0 Å². The van der Waals surface area contributed by atoms with Gasteiger partial charge in [0.2, 0.25) is 15.9 Å². The smallest absolute Gasteiger partial charge is 0.293 e. The van der Waals surface area contributed by atoms with Crippen LogP contribution in [0.2, 0.25) is 0 Å². The first-order valence-electron chi connectivity index (χ1n) is 8.34. The molecule has 0 spiro atoms. The second kappa shape index (κ2) is 7.58. The number of nitro benzene ring substituents is 1. The molecule has 0 radical (unpaired) electrons. The topological polar surface area (TPSA) is 122 Å². The molecule has 1 aromatic carbocycles. The van der Waals surface area contributed by atoms with Crippen LogP contribution in [-0.4, -0.2) is 48.7 Å². The Morgan fingerprint density at radius 1 is 1.27 bits per heavy atom. The summed E-state index contributed by atoms with van der Waals surface area (Å²) in [7, 11) is -3.74. The van der Waals surface area contributed by atoms with Gasteiger partial charge in [0.05, 0.1) is 16.4 Å². The van der Waals surface area contributed by atoms with Gasteiger partial charge in [-0.15, -0.1) is 0 Å². The van der Waals surface area contributed by atoms with Gasteiger partial charge in [0.15, 0.2) is 0 Å². The largest absolute Gasteiger partial charge is 0.371 e. The molecule has 2 rings (SSSR count). The average Bonchev–Trinajstić information content (AvgIpc) is 3.06. The molecule has 1 saturated heterocycles. The van der Waals surface area contributed by atoms with Crippen molar-refractivity contribution in [1.29, 1.82) is 0 Å². The van der Waals surface area contributed by atoms with Gasteiger partial charge < -0.3 is 10.6 Å². The summed E-state index contributed by atoms with van der Waals surface area (Å²) in [5.41, 5.74) is -0.702.